The van der Waals surface area contributed by atoms with Crippen LogP contribution in [0.2, 0.25) is 78.6 Å². The molecule has 10 nitrogen and oxygen atoms in total. The van der Waals surface area contributed by atoms with Crippen LogP contribution < -0.4 is 0 Å². The predicted molar refractivity (Wildman–Crippen MR) is 273 cm³/mol. The van der Waals surface area contributed by atoms with Gasteiger partial charge < -0.3 is 39.5 Å². The monoisotopic (exact) mass is 1060 g/mol. The normalized spacial score (nSPS) is 14.8. The number of nitrogens with zero attached hydrogens (tertiary/aromatic N) is 6. The van der Waals surface area contributed by atoms with E-state index in [0.717, 1.165) is 0 Å². The van der Waals surface area contributed by atoms with Crippen LogP contribution >= 0.6 is 0 Å². The van der Waals surface area contributed by atoms with Crippen LogP contribution in [0, 0.1) is 5.92 Å². The van der Waals surface area contributed by atoms with E-state index in [9.17, 15) is 10.2 Å². The summed E-state index contributed by atoms with van der Waals surface area (Å²) in [5.41, 5.74) is -2.81. The maximum absolute atomic E-state index is 9.81. The van der Waals surface area contributed by atoms with Crippen LogP contribution in [0.5, 0.6) is 0 Å². The molecular weight excluding hydrogens is 954 g/mol. The molecule has 0 saturated heterocycles. The van der Waals surface area contributed by atoms with Crippen LogP contribution in [-0.2, 0) is 50.3 Å². The van der Waals surface area contributed by atoms with Gasteiger partial charge in [-0.15, -0.1) is 0 Å². The first kappa shape index (κ1) is 81.6. The first-order chi connectivity index (χ1) is 24.2. The summed E-state index contributed by atoms with van der Waals surface area (Å²) >= 11 is 0. The Morgan fingerprint density at radius 1 is 0.500 bits per heavy atom. The molecule has 0 fully saturated rings. The van der Waals surface area contributed by atoms with Gasteiger partial charge in [-0.05, 0) is 124 Å². The molecule has 375 valence electrons. The molecular formula is C43H106Co3N6O4Si4. The summed E-state index contributed by atoms with van der Waals surface area (Å²) in [7, 11) is 3.35. The van der Waals surface area contributed by atoms with E-state index in [4.69, 9.17) is 19.5 Å². The van der Waals surface area contributed by atoms with E-state index in [-0.39, 0.29) is 67.3 Å². The Balaban J connectivity index is -0.0000000740. The number of aliphatic imine (C=N–C) groups is 2. The summed E-state index contributed by atoms with van der Waals surface area (Å²) in [6.45, 7) is 57.7. The summed E-state index contributed by atoms with van der Waals surface area (Å²) in [6, 6.07) is 0. The number of likely N-dealkylation sites (N-methyl/N-ethyl adjacent to an activating group) is 2. The Labute approximate surface area is 411 Å². The van der Waals surface area contributed by atoms with Crippen LogP contribution in [0.25, 0.3) is 9.30 Å². The molecule has 2 atom stereocenters. The quantitative estimate of drug-likeness (QED) is 0.113. The molecule has 2 unspecified atom stereocenters. The standard InChI is InChI=1S/C10H21NO.C9H19NO.2C6H15NO.2C6H18NSi2.3Co/c1-8(2)10(6,12)7-11-9(3,4)5;1-6-9(5,11)7-10-8(2,3)4;2*1-6(2,8)5-7(3)4;2*1-8(2,3)7-9(4,5)6;;;/h7-8,12H,1-6H3;7,11H,6H2,1-5H3;2*8H,5H2,1-4H3;2*1-6H3;;;/q;;;;2*-1;;;+2. The van der Waals surface area contributed by atoms with E-state index >= 15 is 0 Å². The summed E-state index contributed by atoms with van der Waals surface area (Å²) in [5, 5.41) is 37.6. The number of hydrogen-bond acceptors (Lipinski definition) is 8. The minimum Gasteiger partial charge on any atom is -0.668 e. The maximum Gasteiger partial charge on any atom is 2.00 e. The molecule has 0 aliphatic rings. The predicted octanol–water partition coefficient (Wildman–Crippen LogP) is 11.0. The van der Waals surface area contributed by atoms with Crippen molar-refractivity contribution in [1.82, 2.24) is 9.80 Å². The molecule has 17 heteroatoms. The maximum atomic E-state index is 9.81. The number of aliphatic hydroxyl groups is 4. The minimum atomic E-state index is -1.11. The molecule has 0 spiro atoms. The third kappa shape index (κ3) is 94.1. The summed E-state index contributed by atoms with van der Waals surface area (Å²) in [5.74, 6) is 0.198. The minimum absolute atomic E-state index is 0. The molecule has 0 aromatic carbocycles. The molecule has 0 heterocycles. The van der Waals surface area contributed by atoms with Crippen molar-refractivity contribution in [2.45, 2.75) is 222 Å². The zero-order valence-corrected chi connectivity index (χ0v) is 52.4. The van der Waals surface area contributed by atoms with Crippen molar-refractivity contribution in [2.75, 3.05) is 41.3 Å². The van der Waals surface area contributed by atoms with Crippen molar-refractivity contribution in [3.8, 4) is 0 Å². The zero-order valence-electron chi connectivity index (χ0n) is 45.3. The molecule has 0 saturated carbocycles. The summed E-state index contributed by atoms with van der Waals surface area (Å²) < 4.78 is 9.64. The Bertz CT molecular complexity index is 991. The molecule has 0 bridgehead atoms. The Morgan fingerprint density at radius 3 is 0.817 bits per heavy atom. The van der Waals surface area contributed by atoms with Crippen LogP contribution in [0.4, 0.5) is 0 Å². The molecule has 4 N–H and O–H groups in total. The van der Waals surface area contributed by atoms with Crippen LogP contribution in [-0.4, -0.2) is 150 Å². The van der Waals surface area contributed by atoms with Gasteiger partial charge in [-0.1, -0.05) is 132 Å². The van der Waals surface area contributed by atoms with Gasteiger partial charge in [0.1, 0.15) is 0 Å². The van der Waals surface area contributed by atoms with Crippen molar-refractivity contribution < 1.29 is 70.8 Å². The van der Waals surface area contributed by atoms with Gasteiger partial charge in [-0.25, -0.2) is 0 Å². The third-order valence-corrected chi connectivity index (χ3v) is 16.8. The van der Waals surface area contributed by atoms with Crippen molar-refractivity contribution >= 4 is 45.4 Å². The second-order valence-corrected chi connectivity index (χ2v) is 43.1. The average molecular weight is 1060 g/mol. The van der Waals surface area contributed by atoms with Gasteiger partial charge >= 0.3 is 16.8 Å². The van der Waals surface area contributed by atoms with E-state index in [1.54, 1.807) is 54.0 Å². The molecule has 0 amide bonds. The van der Waals surface area contributed by atoms with Crippen LogP contribution in [0.3, 0.4) is 0 Å². The van der Waals surface area contributed by atoms with Crippen LogP contribution in [0.15, 0.2) is 9.98 Å². The van der Waals surface area contributed by atoms with Gasteiger partial charge in [0, 0.05) is 59.1 Å². The van der Waals surface area contributed by atoms with Gasteiger partial charge in [0.2, 0.25) is 0 Å². The van der Waals surface area contributed by atoms with Crippen molar-refractivity contribution in [3.05, 3.63) is 9.30 Å². The van der Waals surface area contributed by atoms with Gasteiger partial charge in [0.25, 0.3) is 0 Å². The molecule has 0 rings (SSSR count). The second-order valence-electron chi connectivity index (χ2n) is 24.0. The largest absolute Gasteiger partial charge is 2.00 e. The fourth-order valence-corrected chi connectivity index (χ4v) is 20.6. The van der Waals surface area contributed by atoms with Crippen molar-refractivity contribution in [1.29, 1.82) is 0 Å². The van der Waals surface area contributed by atoms with Crippen molar-refractivity contribution in [3.63, 3.8) is 0 Å². The molecule has 0 aromatic rings. The SMILES string of the molecule is CC(C)C(C)(O)C=NC(C)(C)C.CCC(C)(O)C=NC(C)(C)C.CN(C)CC(C)(C)O.CN(C)CC(C)(C)O.C[Si](C)(C)[N-][Si](C)(C)C.C[Si](C)(C)[N-][Si](C)(C)C.[Co+2].[Co].[Co]. The van der Waals surface area contributed by atoms with Crippen LogP contribution in [0.1, 0.15) is 110 Å². The molecule has 0 aliphatic carbocycles. The number of rotatable bonds is 12. The zero-order chi connectivity index (χ0) is 48.1. The van der Waals surface area contributed by atoms with Gasteiger partial charge in [0.15, 0.2) is 0 Å². The van der Waals surface area contributed by atoms with E-state index < -0.39 is 55.3 Å². The Hall–Kier alpha value is 1.41. The summed E-state index contributed by atoms with van der Waals surface area (Å²) in [4.78, 5) is 12.4. The first-order valence-corrected chi connectivity index (χ1v) is 34.8. The van der Waals surface area contributed by atoms with Gasteiger partial charge in [-0.2, -0.15) is 0 Å². The third-order valence-electron chi connectivity index (χ3n) is 6.08. The van der Waals surface area contributed by atoms with E-state index in [1.165, 1.54) is 0 Å². The van der Waals surface area contributed by atoms with E-state index in [0.29, 0.717) is 19.5 Å². The average Bonchev–Trinajstić information content (AvgIpc) is 2.80. The molecule has 3 radical (unpaired) electrons. The van der Waals surface area contributed by atoms with E-state index in [1.807, 2.05) is 100 Å². The Morgan fingerprint density at radius 2 is 0.717 bits per heavy atom. The fraction of sp³-hybridized carbons (Fsp3) is 0.953. The van der Waals surface area contributed by atoms with Gasteiger partial charge in [-0.3, -0.25) is 9.98 Å². The second kappa shape index (κ2) is 33.8. The topological polar surface area (TPSA) is 140 Å². The molecule has 60 heavy (non-hydrogen) atoms. The molecule has 0 aliphatic heterocycles. The summed E-state index contributed by atoms with van der Waals surface area (Å²) in [6.07, 6.45) is 3.98. The Kier molecular flexibility index (Phi) is 46.0. The fourth-order valence-electron chi connectivity index (χ4n) is 4.46. The van der Waals surface area contributed by atoms with E-state index in [2.05, 4.69) is 88.5 Å². The smallest absolute Gasteiger partial charge is 0.668 e. The van der Waals surface area contributed by atoms with Crippen molar-refractivity contribution in [2.24, 2.45) is 15.9 Å². The molecule has 0 aromatic heterocycles. The first-order valence-electron chi connectivity index (χ1n) is 21.0. The van der Waals surface area contributed by atoms with Gasteiger partial charge in [0.05, 0.1) is 33.5 Å². The number of hydrogen-bond donors (Lipinski definition) is 4.